The van der Waals surface area contributed by atoms with E-state index < -0.39 is 6.10 Å². The third-order valence-corrected chi connectivity index (χ3v) is 6.77. The van der Waals surface area contributed by atoms with Gasteiger partial charge in [0.05, 0.1) is 12.2 Å². The molecule has 0 spiro atoms. The van der Waals surface area contributed by atoms with Crippen molar-refractivity contribution in [3.05, 3.63) is 95.1 Å². The van der Waals surface area contributed by atoms with Gasteiger partial charge in [0.25, 0.3) is 0 Å². The van der Waals surface area contributed by atoms with Crippen LogP contribution in [0.5, 0.6) is 0 Å². The van der Waals surface area contributed by atoms with Crippen molar-refractivity contribution >= 4 is 0 Å². The number of benzene rings is 2. The Bertz CT molecular complexity index is 871. The summed E-state index contributed by atoms with van der Waals surface area (Å²) >= 11 is 0. The Kier molecular flexibility index (Phi) is 6.83. The van der Waals surface area contributed by atoms with Crippen LogP contribution in [-0.4, -0.2) is 22.4 Å². The maximum Gasteiger partial charge on any atom is 0.0724 e. The maximum absolute atomic E-state index is 10.6. The third-order valence-electron chi connectivity index (χ3n) is 6.77. The zero-order valence-electron chi connectivity index (χ0n) is 17.5. The second kappa shape index (κ2) is 9.74. The van der Waals surface area contributed by atoms with Crippen molar-refractivity contribution < 1.29 is 10.2 Å². The summed E-state index contributed by atoms with van der Waals surface area (Å²) in [5, 5.41) is 21.0. The number of hydrogen-bond donors (Lipinski definition) is 3. The summed E-state index contributed by atoms with van der Waals surface area (Å²) in [6.07, 6.45) is 10.0. The third kappa shape index (κ3) is 5.10. The molecule has 0 amide bonds. The first kappa shape index (κ1) is 21.0. The fourth-order valence-electron chi connectivity index (χ4n) is 5.10. The van der Waals surface area contributed by atoms with E-state index in [1.165, 1.54) is 16.7 Å². The van der Waals surface area contributed by atoms with E-state index in [2.05, 4.69) is 48.6 Å². The number of aryl methyl sites for hydroxylation is 1. The van der Waals surface area contributed by atoms with Gasteiger partial charge in [-0.15, -0.1) is 0 Å². The zero-order chi connectivity index (χ0) is 20.9. The number of aliphatic hydroxyl groups is 2. The molecule has 0 bridgehead atoms. The van der Waals surface area contributed by atoms with Crippen molar-refractivity contribution in [1.82, 2.24) is 0 Å². The van der Waals surface area contributed by atoms with Crippen LogP contribution in [0, 0.1) is 17.8 Å². The smallest absolute Gasteiger partial charge is 0.0724 e. The van der Waals surface area contributed by atoms with Gasteiger partial charge in [-0.2, -0.15) is 0 Å². The van der Waals surface area contributed by atoms with Gasteiger partial charge < -0.3 is 15.9 Å². The number of aliphatic hydroxyl groups excluding tert-OH is 2. The van der Waals surface area contributed by atoms with Crippen molar-refractivity contribution in [1.29, 1.82) is 0 Å². The Balaban J connectivity index is 1.31. The first-order valence-electron chi connectivity index (χ1n) is 11.2. The highest BCUT2D eigenvalue weighted by Gasteiger charge is 2.43. The summed E-state index contributed by atoms with van der Waals surface area (Å²) in [5.74, 6) is 1.04. The Morgan fingerprint density at radius 3 is 2.47 bits per heavy atom. The molecule has 0 aliphatic heterocycles. The van der Waals surface area contributed by atoms with Crippen LogP contribution in [0.15, 0.2) is 78.4 Å². The van der Waals surface area contributed by atoms with E-state index in [0.717, 1.165) is 31.2 Å². The first-order chi connectivity index (χ1) is 14.6. The topological polar surface area (TPSA) is 66.5 Å². The van der Waals surface area contributed by atoms with Gasteiger partial charge in [-0.25, -0.2) is 0 Å². The molecule has 30 heavy (non-hydrogen) atoms. The highest BCUT2D eigenvalue weighted by Crippen LogP contribution is 2.47. The predicted molar refractivity (Wildman–Crippen MR) is 122 cm³/mol. The number of fused-ring (bicyclic) bond motifs is 1. The van der Waals surface area contributed by atoms with Gasteiger partial charge in [0.15, 0.2) is 0 Å². The molecular formula is C27H33NO2. The summed E-state index contributed by atoms with van der Waals surface area (Å²) in [6, 6.07) is 18.8. The molecule has 2 aromatic carbocycles. The molecule has 5 unspecified atom stereocenters. The highest BCUT2D eigenvalue weighted by atomic mass is 16.3. The molecule has 5 atom stereocenters. The Morgan fingerprint density at radius 1 is 1.00 bits per heavy atom. The lowest BCUT2D eigenvalue weighted by molar-refractivity contribution is 0.140. The van der Waals surface area contributed by atoms with Gasteiger partial charge in [-0.05, 0) is 60.6 Å². The minimum Gasteiger partial charge on any atom is -0.392 e. The van der Waals surface area contributed by atoms with Gasteiger partial charge in [-0.1, -0.05) is 78.4 Å². The zero-order valence-corrected chi connectivity index (χ0v) is 17.5. The van der Waals surface area contributed by atoms with Gasteiger partial charge in [0, 0.05) is 12.5 Å². The molecule has 4 N–H and O–H groups in total. The molecule has 4 rings (SSSR count). The van der Waals surface area contributed by atoms with Crippen LogP contribution in [0.1, 0.15) is 36.0 Å². The first-order valence-corrected chi connectivity index (χ1v) is 11.2. The Labute approximate surface area is 180 Å². The maximum atomic E-state index is 10.6. The van der Waals surface area contributed by atoms with Crippen LogP contribution < -0.4 is 5.73 Å². The van der Waals surface area contributed by atoms with Crippen molar-refractivity contribution in [3.63, 3.8) is 0 Å². The second-order valence-electron chi connectivity index (χ2n) is 8.91. The predicted octanol–water partition coefficient (Wildman–Crippen LogP) is 4.18. The fraction of sp³-hybridized carbons (Fsp3) is 0.407. The molecule has 2 aliphatic carbocycles. The van der Waals surface area contributed by atoms with Gasteiger partial charge >= 0.3 is 0 Å². The summed E-state index contributed by atoms with van der Waals surface area (Å²) < 4.78 is 0. The van der Waals surface area contributed by atoms with E-state index >= 15 is 0 Å². The minimum atomic E-state index is -0.466. The molecule has 0 heterocycles. The van der Waals surface area contributed by atoms with Gasteiger partial charge in [0.1, 0.15) is 0 Å². The summed E-state index contributed by atoms with van der Waals surface area (Å²) in [5.41, 5.74) is 10.9. The molecule has 2 aliphatic rings. The minimum absolute atomic E-state index is 0.134. The fourth-order valence-corrected chi connectivity index (χ4v) is 5.10. The largest absolute Gasteiger partial charge is 0.392 e. The molecule has 3 nitrogen and oxygen atoms in total. The average molecular weight is 404 g/mol. The highest BCUT2D eigenvalue weighted by molar-refractivity contribution is 5.30. The monoisotopic (exact) mass is 403 g/mol. The normalized spacial score (nSPS) is 26.7. The molecule has 1 fully saturated rings. The lowest BCUT2D eigenvalue weighted by atomic mass is 9.88. The summed E-state index contributed by atoms with van der Waals surface area (Å²) in [6.45, 7) is 0.580. The number of nitrogens with two attached hydrogens (primary N) is 1. The molecule has 0 saturated heterocycles. The molecule has 3 heteroatoms. The molecule has 2 aromatic rings. The quantitative estimate of drug-likeness (QED) is 0.579. The number of rotatable bonds is 8. The standard InChI is InChI=1S/C27H33NO2/c28-18-21-8-6-20(7-9-21)14-22-15-23-17-27(30)25(26(23)16-22)13-12-24(29)11-10-19-4-2-1-3-5-19/h1-9,12-13,15,23-27,29-30H,10-11,14,16-18,28H2/b13-12+. The molecule has 1 saturated carbocycles. The van der Waals surface area contributed by atoms with E-state index in [1.54, 1.807) is 0 Å². The van der Waals surface area contributed by atoms with E-state index in [4.69, 9.17) is 5.73 Å². The van der Waals surface area contributed by atoms with Crippen LogP contribution in [0.2, 0.25) is 0 Å². The summed E-state index contributed by atoms with van der Waals surface area (Å²) in [7, 11) is 0. The van der Waals surface area contributed by atoms with Crippen molar-refractivity contribution in [2.24, 2.45) is 23.5 Å². The number of hydrogen-bond acceptors (Lipinski definition) is 3. The average Bonchev–Trinajstić information content (AvgIpc) is 3.28. The van der Waals surface area contributed by atoms with Crippen molar-refractivity contribution in [2.45, 2.75) is 50.9 Å². The van der Waals surface area contributed by atoms with Crippen LogP contribution in [0.25, 0.3) is 0 Å². The van der Waals surface area contributed by atoms with Crippen molar-refractivity contribution in [3.8, 4) is 0 Å². The Morgan fingerprint density at radius 2 is 1.73 bits per heavy atom. The molecule has 0 radical (unpaired) electrons. The van der Waals surface area contributed by atoms with E-state index in [0.29, 0.717) is 24.8 Å². The van der Waals surface area contributed by atoms with Gasteiger partial charge in [0.2, 0.25) is 0 Å². The van der Waals surface area contributed by atoms with Gasteiger partial charge in [-0.3, -0.25) is 0 Å². The Hall–Kier alpha value is -2.20. The van der Waals surface area contributed by atoms with Crippen molar-refractivity contribution in [2.75, 3.05) is 0 Å². The number of allylic oxidation sites excluding steroid dienone is 2. The van der Waals surface area contributed by atoms with Crippen LogP contribution >= 0.6 is 0 Å². The van der Waals surface area contributed by atoms with E-state index in [9.17, 15) is 10.2 Å². The van der Waals surface area contributed by atoms with Crippen LogP contribution in [0.3, 0.4) is 0 Å². The lowest BCUT2D eigenvalue weighted by Crippen LogP contribution is -2.18. The molecule has 158 valence electrons. The second-order valence-corrected chi connectivity index (χ2v) is 8.91. The molecular weight excluding hydrogens is 370 g/mol. The SMILES string of the molecule is NCc1ccc(CC2=CC3CC(O)C(/C=C/C(O)CCc4ccccc4)C3C2)cc1. The molecule has 0 aromatic heterocycles. The summed E-state index contributed by atoms with van der Waals surface area (Å²) in [4.78, 5) is 0. The van der Waals surface area contributed by atoms with E-state index in [-0.39, 0.29) is 12.0 Å². The lowest BCUT2D eigenvalue weighted by Gasteiger charge is -2.19. The van der Waals surface area contributed by atoms with E-state index in [1.807, 2.05) is 24.3 Å². The van der Waals surface area contributed by atoms with Crippen LogP contribution in [0.4, 0.5) is 0 Å². The van der Waals surface area contributed by atoms with Crippen LogP contribution in [-0.2, 0) is 19.4 Å².